The summed E-state index contributed by atoms with van der Waals surface area (Å²) < 4.78 is 10.6. The highest BCUT2D eigenvalue weighted by molar-refractivity contribution is 5.54. The van der Waals surface area contributed by atoms with Gasteiger partial charge in [0.2, 0.25) is 0 Å². The molecule has 1 aromatic rings. The highest BCUT2D eigenvalue weighted by Crippen LogP contribution is 2.27. The molecule has 1 saturated heterocycles. The number of aliphatic hydroxyl groups is 1. The molecular weight excluding hydrogens is 280 g/mol. The minimum absolute atomic E-state index is 0.291. The van der Waals surface area contributed by atoms with E-state index in [9.17, 15) is 0 Å². The number of aliphatic hydroxyl groups excluding tert-OH is 1. The second kappa shape index (κ2) is 8.86. The summed E-state index contributed by atoms with van der Waals surface area (Å²) >= 11 is 0. The Morgan fingerprint density at radius 2 is 1.91 bits per heavy atom. The van der Waals surface area contributed by atoms with Gasteiger partial charge in [-0.3, -0.25) is 0 Å². The SMILES string of the molecule is COc1cc(NC2CCCN(CCCCO)C2)cc(OC)c1. The fourth-order valence-electron chi connectivity index (χ4n) is 2.95. The molecule has 1 fully saturated rings. The van der Waals surface area contributed by atoms with Gasteiger partial charge in [-0.2, -0.15) is 0 Å². The van der Waals surface area contributed by atoms with Crippen LogP contribution in [0.4, 0.5) is 5.69 Å². The van der Waals surface area contributed by atoms with Crippen LogP contribution in [-0.2, 0) is 0 Å². The van der Waals surface area contributed by atoms with Crippen molar-refractivity contribution >= 4 is 5.69 Å². The Balaban J connectivity index is 1.92. The van der Waals surface area contributed by atoms with Crippen LogP contribution in [0.5, 0.6) is 11.5 Å². The first-order valence-corrected chi connectivity index (χ1v) is 8.08. The van der Waals surface area contributed by atoms with Gasteiger partial charge < -0.3 is 24.8 Å². The first kappa shape index (κ1) is 16.9. The van der Waals surface area contributed by atoms with E-state index in [1.807, 2.05) is 18.2 Å². The van der Waals surface area contributed by atoms with Crippen LogP contribution >= 0.6 is 0 Å². The van der Waals surface area contributed by atoms with Gasteiger partial charge >= 0.3 is 0 Å². The smallest absolute Gasteiger partial charge is 0.124 e. The second-order valence-corrected chi connectivity index (χ2v) is 5.82. The Bertz CT molecular complexity index is 431. The quantitative estimate of drug-likeness (QED) is 0.722. The summed E-state index contributed by atoms with van der Waals surface area (Å²) in [4.78, 5) is 2.48. The topological polar surface area (TPSA) is 54.0 Å². The Morgan fingerprint density at radius 3 is 2.55 bits per heavy atom. The standard InChI is InChI=1S/C17H28N2O3/c1-21-16-10-15(11-17(12-16)22-2)18-14-6-5-8-19(13-14)7-3-4-9-20/h10-12,14,18,20H,3-9,13H2,1-2H3. The van der Waals surface area contributed by atoms with Crippen LogP contribution in [0.15, 0.2) is 18.2 Å². The van der Waals surface area contributed by atoms with Crippen molar-refractivity contribution in [2.45, 2.75) is 31.7 Å². The zero-order valence-corrected chi connectivity index (χ0v) is 13.7. The molecule has 1 atom stereocenters. The minimum Gasteiger partial charge on any atom is -0.497 e. The lowest BCUT2D eigenvalue weighted by atomic mass is 10.0. The van der Waals surface area contributed by atoms with Crippen LogP contribution in [0.1, 0.15) is 25.7 Å². The van der Waals surface area contributed by atoms with Crippen LogP contribution in [0.25, 0.3) is 0 Å². The van der Waals surface area contributed by atoms with E-state index >= 15 is 0 Å². The molecule has 0 aromatic heterocycles. The maximum atomic E-state index is 8.89. The molecule has 124 valence electrons. The molecule has 2 N–H and O–H groups in total. The van der Waals surface area contributed by atoms with E-state index in [1.54, 1.807) is 14.2 Å². The second-order valence-electron chi connectivity index (χ2n) is 5.82. The molecule has 0 amide bonds. The first-order valence-electron chi connectivity index (χ1n) is 8.08. The highest BCUT2D eigenvalue weighted by Gasteiger charge is 2.19. The van der Waals surface area contributed by atoms with E-state index in [1.165, 1.54) is 12.8 Å². The molecule has 0 bridgehead atoms. The third-order valence-corrected chi connectivity index (χ3v) is 4.11. The van der Waals surface area contributed by atoms with Crippen molar-refractivity contribution in [1.82, 2.24) is 4.90 Å². The summed E-state index contributed by atoms with van der Waals surface area (Å²) in [7, 11) is 3.34. The zero-order valence-electron chi connectivity index (χ0n) is 13.7. The van der Waals surface area contributed by atoms with E-state index < -0.39 is 0 Å². The third kappa shape index (κ3) is 5.07. The van der Waals surface area contributed by atoms with Gasteiger partial charge in [-0.25, -0.2) is 0 Å². The van der Waals surface area contributed by atoms with Gasteiger partial charge in [0.1, 0.15) is 11.5 Å². The van der Waals surface area contributed by atoms with Crippen molar-refractivity contribution in [1.29, 1.82) is 0 Å². The fraction of sp³-hybridized carbons (Fsp3) is 0.647. The lowest BCUT2D eigenvalue weighted by Gasteiger charge is -2.33. The minimum atomic E-state index is 0.291. The molecule has 0 radical (unpaired) electrons. The average Bonchev–Trinajstić information content (AvgIpc) is 2.55. The van der Waals surface area contributed by atoms with Crippen LogP contribution in [0.2, 0.25) is 0 Å². The van der Waals surface area contributed by atoms with Crippen molar-refractivity contribution in [3.63, 3.8) is 0 Å². The summed E-state index contributed by atoms with van der Waals surface area (Å²) in [5, 5.41) is 12.5. The van der Waals surface area contributed by atoms with Gasteiger partial charge in [-0.05, 0) is 38.8 Å². The Hall–Kier alpha value is -1.46. The number of ether oxygens (including phenoxy) is 2. The molecule has 1 aromatic carbocycles. The summed E-state index contributed by atoms with van der Waals surface area (Å²) in [6.07, 6.45) is 4.34. The normalized spacial score (nSPS) is 19.0. The molecule has 1 aliphatic heterocycles. The Morgan fingerprint density at radius 1 is 1.18 bits per heavy atom. The number of rotatable bonds is 8. The Labute approximate surface area is 133 Å². The number of piperidine rings is 1. The van der Waals surface area contributed by atoms with E-state index in [2.05, 4.69) is 10.2 Å². The number of benzene rings is 1. The van der Waals surface area contributed by atoms with E-state index in [0.717, 1.165) is 49.7 Å². The van der Waals surface area contributed by atoms with Gasteiger partial charge in [0.05, 0.1) is 14.2 Å². The fourth-order valence-corrected chi connectivity index (χ4v) is 2.95. The predicted molar refractivity (Wildman–Crippen MR) is 89.0 cm³/mol. The van der Waals surface area contributed by atoms with Crippen molar-refractivity contribution < 1.29 is 14.6 Å². The van der Waals surface area contributed by atoms with Crippen LogP contribution in [0.3, 0.4) is 0 Å². The molecular formula is C17H28N2O3. The van der Waals surface area contributed by atoms with Crippen LogP contribution in [-0.4, -0.2) is 56.5 Å². The number of unbranched alkanes of at least 4 members (excludes halogenated alkanes) is 1. The van der Waals surface area contributed by atoms with E-state index in [-0.39, 0.29) is 0 Å². The van der Waals surface area contributed by atoms with Gasteiger partial charge in [-0.15, -0.1) is 0 Å². The van der Waals surface area contributed by atoms with Gasteiger partial charge in [0.15, 0.2) is 0 Å². The van der Waals surface area contributed by atoms with Gasteiger partial charge in [0, 0.05) is 43.1 Å². The number of nitrogens with one attached hydrogen (secondary N) is 1. The van der Waals surface area contributed by atoms with E-state index in [0.29, 0.717) is 12.6 Å². The number of hydrogen-bond donors (Lipinski definition) is 2. The molecule has 0 aliphatic carbocycles. The third-order valence-electron chi connectivity index (χ3n) is 4.11. The summed E-state index contributed by atoms with van der Waals surface area (Å²) in [5.41, 5.74) is 1.04. The highest BCUT2D eigenvalue weighted by atomic mass is 16.5. The van der Waals surface area contributed by atoms with Gasteiger partial charge in [0.25, 0.3) is 0 Å². The van der Waals surface area contributed by atoms with Crippen molar-refractivity contribution in [2.75, 3.05) is 45.8 Å². The molecule has 1 unspecified atom stereocenters. The molecule has 22 heavy (non-hydrogen) atoms. The van der Waals surface area contributed by atoms with E-state index in [4.69, 9.17) is 14.6 Å². The number of likely N-dealkylation sites (tertiary alicyclic amines) is 1. The lowest BCUT2D eigenvalue weighted by molar-refractivity contribution is 0.202. The lowest BCUT2D eigenvalue weighted by Crippen LogP contribution is -2.42. The average molecular weight is 308 g/mol. The molecule has 0 spiro atoms. The molecule has 0 saturated carbocycles. The molecule has 1 heterocycles. The largest absolute Gasteiger partial charge is 0.497 e. The molecule has 2 rings (SSSR count). The predicted octanol–water partition coefficient (Wildman–Crippen LogP) is 2.35. The van der Waals surface area contributed by atoms with Crippen LogP contribution in [0, 0.1) is 0 Å². The Kier molecular flexibility index (Phi) is 6.80. The number of anilines is 1. The maximum Gasteiger partial charge on any atom is 0.124 e. The number of hydrogen-bond acceptors (Lipinski definition) is 5. The van der Waals surface area contributed by atoms with Gasteiger partial charge in [-0.1, -0.05) is 0 Å². The maximum absolute atomic E-state index is 8.89. The van der Waals surface area contributed by atoms with Crippen molar-refractivity contribution in [2.24, 2.45) is 0 Å². The van der Waals surface area contributed by atoms with Crippen molar-refractivity contribution in [3.8, 4) is 11.5 Å². The summed E-state index contributed by atoms with van der Waals surface area (Å²) in [6.45, 7) is 3.56. The zero-order chi connectivity index (χ0) is 15.8. The van der Waals surface area contributed by atoms with Crippen molar-refractivity contribution in [3.05, 3.63) is 18.2 Å². The number of nitrogens with zero attached hydrogens (tertiary/aromatic N) is 1. The summed E-state index contributed by atoms with van der Waals surface area (Å²) in [6, 6.07) is 6.34. The van der Waals surface area contributed by atoms with Crippen LogP contribution < -0.4 is 14.8 Å². The summed E-state index contributed by atoms with van der Waals surface area (Å²) in [5.74, 6) is 1.61. The molecule has 1 aliphatic rings. The molecule has 5 nitrogen and oxygen atoms in total. The number of methoxy groups -OCH3 is 2. The first-order chi connectivity index (χ1) is 10.7. The molecule has 5 heteroatoms. The monoisotopic (exact) mass is 308 g/mol.